The average molecular weight is 526 g/mol. The van der Waals surface area contributed by atoms with E-state index in [1.807, 2.05) is 0 Å². The Morgan fingerprint density at radius 3 is 2.37 bits per heavy atom. The molecule has 0 saturated carbocycles. The van der Waals surface area contributed by atoms with E-state index >= 15 is 0 Å². The number of anilines is 2. The van der Waals surface area contributed by atoms with Gasteiger partial charge in [-0.2, -0.15) is 13.2 Å². The maximum atomic E-state index is 13.4. The Kier molecular flexibility index (Phi) is 7.24. The highest BCUT2D eigenvalue weighted by Crippen LogP contribution is 2.38. The Morgan fingerprint density at radius 1 is 1.09 bits per heavy atom. The van der Waals surface area contributed by atoms with Crippen LogP contribution in [0.15, 0.2) is 48.7 Å². The highest BCUT2D eigenvalue weighted by molar-refractivity contribution is 6.43. The van der Waals surface area contributed by atoms with Crippen molar-refractivity contribution in [3.05, 3.63) is 86.9 Å². The van der Waals surface area contributed by atoms with E-state index in [2.05, 4.69) is 10.3 Å². The highest BCUT2D eigenvalue weighted by Gasteiger charge is 2.32. The van der Waals surface area contributed by atoms with Crippen LogP contribution in [0, 0.1) is 12.7 Å². The molecule has 0 bridgehead atoms. The van der Waals surface area contributed by atoms with Crippen LogP contribution in [0.2, 0.25) is 10.2 Å². The molecule has 1 aromatic heterocycles. The number of carbonyl (C=O) groups is 1. The van der Waals surface area contributed by atoms with Crippen molar-refractivity contribution in [1.29, 1.82) is 0 Å². The van der Waals surface area contributed by atoms with Crippen LogP contribution in [-0.4, -0.2) is 28.9 Å². The van der Waals surface area contributed by atoms with Crippen LogP contribution >= 0.6 is 23.2 Å². The second-order valence-corrected chi connectivity index (χ2v) is 9.16. The van der Waals surface area contributed by atoms with Gasteiger partial charge in [-0.15, -0.1) is 0 Å². The zero-order valence-electron chi connectivity index (χ0n) is 18.6. The fourth-order valence-corrected chi connectivity index (χ4v) is 4.48. The number of hydrogen-bond acceptors (Lipinski definition) is 3. The monoisotopic (exact) mass is 525 g/mol. The van der Waals surface area contributed by atoms with Crippen molar-refractivity contribution in [2.45, 2.75) is 31.9 Å². The van der Waals surface area contributed by atoms with Crippen molar-refractivity contribution in [2.75, 3.05) is 18.4 Å². The molecule has 4 nitrogen and oxygen atoms in total. The molecule has 0 spiro atoms. The summed E-state index contributed by atoms with van der Waals surface area (Å²) in [5.74, 6) is -0.470. The van der Waals surface area contributed by atoms with Crippen molar-refractivity contribution in [3.63, 3.8) is 0 Å². The number of halogens is 6. The molecule has 1 aliphatic rings. The second kappa shape index (κ2) is 10.0. The number of rotatable bonds is 4. The largest absolute Gasteiger partial charge is 0.416 e. The van der Waals surface area contributed by atoms with Crippen molar-refractivity contribution in [2.24, 2.45) is 0 Å². The van der Waals surface area contributed by atoms with Crippen molar-refractivity contribution >= 4 is 40.5 Å². The third-order valence-corrected chi connectivity index (χ3v) is 6.91. The van der Waals surface area contributed by atoms with Crippen LogP contribution in [-0.2, 0) is 6.18 Å². The summed E-state index contributed by atoms with van der Waals surface area (Å²) < 4.78 is 53.0. The normalized spacial score (nSPS) is 14.8. The second-order valence-electron chi connectivity index (χ2n) is 8.42. The van der Waals surface area contributed by atoms with Gasteiger partial charge in [-0.3, -0.25) is 4.79 Å². The van der Waals surface area contributed by atoms with E-state index < -0.39 is 11.7 Å². The first-order valence-electron chi connectivity index (χ1n) is 10.9. The molecule has 0 atom stereocenters. The molecule has 0 radical (unpaired) electrons. The van der Waals surface area contributed by atoms with E-state index in [-0.39, 0.29) is 44.8 Å². The lowest BCUT2D eigenvalue weighted by Gasteiger charge is -2.33. The zero-order chi connectivity index (χ0) is 25.3. The Morgan fingerprint density at radius 2 is 1.74 bits per heavy atom. The minimum absolute atomic E-state index is 0.0597. The van der Waals surface area contributed by atoms with E-state index in [1.54, 1.807) is 24.0 Å². The summed E-state index contributed by atoms with van der Waals surface area (Å²) in [6, 6.07) is 9.62. The number of likely N-dealkylation sites (tertiary alicyclic amines) is 1. The van der Waals surface area contributed by atoms with Gasteiger partial charge in [0, 0.05) is 25.0 Å². The Bertz CT molecular complexity index is 1240. The van der Waals surface area contributed by atoms with Gasteiger partial charge in [0.05, 0.1) is 16.8 Å². The van der Waals surface area contributed by atoms with E-state index in [4.69, 9.17) is 23.2 Å². The van der Waals surface area contributed by atoms with E-state index in [9.17, 15) is 22.4 Å². The van der Waals surface area contributed by atoms with Gasteiger partial charge in [-0.05, 0) is 61.1 Å². The summed E-state index contributed by atoms with van der Waals surface area (Å²) in [5, 5.41) is 2.74. The topological polar surface area (TPSA) is 45.2 Å². The summed E-state index contributed by atoms with van der Waals surface area (Å²) in [4.78, 5) is 19.0. The Labute approximate surface area is 209 Å². The van der Waals surface area contributed by atoms with E-state index in [0.29, 0.717) is 31.5 Å². The molecule has 1 fully saturated rings. The first-order chi connectivity index (χ1) is 16.5. The molecule has 0 aliphatic carbocycles. The summed E-state index contributed by atoms with van der Waals surface area (Å²) >= 11 is 12.4. The molecule has 1 amide bonds. The van der Waals surface area contributed by atoms with Crippen LogP contribution < -0.4 is 5.32 Å². The zero-order valence-corrected chi connectivity index (χ0v) is 20.1. The molecular formula is C25H21Cl2F4N3O. The van der Waals surface area contributed by atoms with Crippen molar-refractivity contribution < 1.29 is 22.4 Å². The molecular weight excluding hydrogens is 505 g/mol. The van der Waals surface area contributed by atoms with Gasteiger partial charge in [0.25, 0.3) is 5.91 Å². The first kappa shape index (κ1) is 25.3. The predicted molar refractivity (Wildman–Crippen MR) is 128 cm³/mol. The Balaban J connectivity index is 1.58. The van der Waals surface area contributed by atoms with E-state index in [1.165, 1.54) is 24.4 Å². The number of nitrogens with one attached hydrogen (secondary N) is 1. The highest BCUT2D eigenvalue weighted by atomic mass is 35.5. The van der Waals surface area contributed by atoms with Gasteiger partial charge < -0.3 is 10.2 Å². The molecule has 1 saturated heterocycles. The number of hydrogen-bond donors (Lipinski definition) is 1. The molecule has 1 N–H and O–H groups in total. The van der Waals surface area contributed by atoms with Crippen LogP contribution in [0.1, 0.15) is 45.8 Å². The van der Waals surface area contributed by atoms with Crippen LogP contribution in [0.25, 0.3) is 0 Å². The third-order valence-electron chi connectivity index (χ3n) is 6.16. The molecule has 10 heteroatoms. The Hall–Kier alpha value is -2.84. The summed E-state index contributed by atoms with van der Waals surface area (Å²) in [6.07, 6.45) is -1.89. The lowest BCUT2D eigenvalue weighted by Crippen LogP contribution is -2.38. The van der Waals surface area contributed by atoms with Crippen LogP contribution in [0.4, 0.5) is 28.9 Å². The number of pyridine rings is 1. The summed E-state index contributed by atoms with van der Waals surface area (Å²) in [5.41, 5.74) is 1.06. The number of aryl methyl sites for hydroxylation is 1. The maximum absolute atomic E-state index is 13.4. The van der Waals surface area contributed by atoms with Crippen LogP contribution in [0.3, 0.4) is 0 Å². The quantitative estimate of drug-likeness (QED) is 0.281. The number of carbonyl (C=O) groups excluding carboxylic acids is 1. The fraction of sp³-hybridized carbons (Fsp3) is 0.280. The molecule has 0 unspecified atom stereocenters. The first-order valence-corrected chi connectivity index (χ1v) is 11.6. The number of benzene rings is 2. The SMILES string of the molecule is Cc1ccc(C(F)(F)F)cc1Nc1c(C(=O)N2CCC(c3ccc(F)cc3)CC2)cnc(Cl)c1Cl. The van der Waals surface area contributed by atoms with Gasteiger partial charge in [-0.25, -0.2) is 9.37 Å². The predicted octanol–water partition coefficient (Wildman–Crippen LogP) is 7.62. The molecule has 35 heavy (non-hydrogen) atoms. The fourth-order valence-electron chi connectivity index (χ4n) is 4.14. The molecule has 2 heterocycles. The molecule has 3 aromatic rings. The number of nitrogens with zero attached hydrogens (tertiary/aromatic N) is 2. The molecule has 1 aliphatic heterocycles. The minimum Gasteiger partial charge on any atom is -0.353 e. The maximum Gasteiger partial charge on any atom is 0.416 e. The van der Waals surface area contributed by atoms with Crippen molar-refractivity contribution in [3.8, 4) is 0 Å². The van der Waals surface area contributed by atoms with Gasteiger partial charge in [0.1, 0.15) is 16.0 Å². The smallest absolute Gasteiger partial charge is 0.353 e. The number of alkyl halides is 3. The lowest BCUT2D eigenvalue weighted by molar-refractivity contribution is -0.137. The summed E-state index contributed by atoms with van der Waals surface area (Å²) in [7, 11) is 0. The minimum atomic E-state index is -4.53. The molecule has 184 valence electrons. The lowest BCUT2D eigenvalue weighted by atomic mass is 9.89. The third kappa shape index (κ3) is 5.54. The van der Waals surface area contributed by atoms with Gasteiger partial charge in [-0.1, -0.05) is 41.4 Å². The number of aromatic nitrogens is 1. The average Bonchev–Trinajstić information content (AvgIpc) is 2.83. The molecule has 2 aromatic carbocycles. The summed E-state index contributed by atoms with van der Waals surface area (Å²) in [6.45, 7) is 2.53. The molecule has 4 rings (SSSR count). The number of amides is 1. The van der Waals surface area contributed by atoms with Gasteiger partial charge in [0.15, 0.2) is 0 Å². The standard InChI is InChI=1S/C25H21Cl2F4N3O/c1-14-2-5-17(25(29,30)31)12-20(14)33-22-19(13-32-23(27)21(22)26)24(35)34-10-8-16(9-11-34)15-3-6-18(28)7-4-15/h2-7,12-13,16H,8-11H2,1H3,(H,32,33). The van der Waals surface area contributed by atoms with Gasteiger partial charge in [0.2, 0.25) is 0 Å². The van der Waals surface area contributed by atoms with Crippen molar-refractivity contribution in [1.82, 2.24) is 9.88 Å². The van der Waals surface area contributed by atoms with Crippen LogP contribution in [0.5, 0.6) is 0 Å². The van der Waals surface area contributed by atoms with Gasteiger partial charge >= 0.3 is 6.18 Å². The number of piperidine rings is 1. The van der Waals surface area contributed by atoms with E-state index in [0.717, 1.165) is 17.7 Å².